The monoisotopic (exact) mass is 175 g/mol. The van der Waals surface area contributed by atoms with Gasteiger partial charge in [0.15, 0.2) is 17.3 Å². The molecule has 0 saturated carbocycles. The molecule has 0 unspecified atom stereocenters. The zero-order chi connectivity index (χ0) is 9.28. The Bertz CT molecular complexity index is 169. The van der Waals surface area contributed by atoms with E-state index in [9.17, 15) is 0 Å². The van der Waals surface area contributed by atoms with Crippen LogP contribution >= 0.6 is 12.2 Å². The maximum atomic E-state index is 7.65. The molecule has 0 rings (SSSR count). The van der Waals surface area contributed by atoms with Crippen molar-refractivity contribution in [2.24, 2.45) is 17.3 Å². The molecule has 0 aliphatic rings. The Hall–Kier alpha value is -1.59. The number of hydrogen-bond acceptors (Lipinski definition) is 4. The molecule has 0 aromatic rings. The summed E-state index contributed by atoms with van der Waals surface area (Å²) in [5.41, 5.74) is 11.5. The first kappa shape index (κ1) is 12.1. The van der Waals surface area contributed by atoms with Gasteiger partial charge in [0.2, 0.25) is 0 Å². The van der Waals surface area contributed by atoms with E-state index in [2.05, 4.69) is 23.8 Å². The Morgan fingerprint density at radius 3 is 1.91 bits per heavy atom. The highest BCUT2D eigenvalue weighted by Crippen LogP contribution is 1.40. The number of nitrogens with zero attached hydrogens (tertiary/aromatic N) is 1. The first-order valence-electron chi connectivity index (χ1n) is 2.29. The van der Waals surface area contributed by atoms with Crippen LogP contribution in [-0.2, 0) is 0 Å². The van der Waals surface area contributed by atoms with E-state index in [0.29, 0.717) is 0 Å². The fraction of sp³-hybridized carbons (Fsp3) is 0. The predicted octanol–water partition coefficient (Wildman–Crippen LogP) is -2.36. The molecule has 0 heterocycles. The second-order valence-electron chi connectivity index (χ2n) is 1.16. The number of thiocarbonyl (C=S) groups is 1. The molecule has 0 aromatic carbocycles. The van der Waals surface area contributed by atoms with Gasteiger partial charge in [0.05, 0.1) is 0 Å². The summed E-state index contributed by atoms with van der Waals surface area (Å²) in [6.07, 6.45) is 1.47. The SMILES string of the molecule is N#CNC(=N)N.NNC(N)=S. The molecule has 0 aliphatic carbocycles. The fourth-order valence-corrected chi connectivity index (χ4v) is 0.0602. The van der Waals surface area contributed by atoms with Crippen LogP contribution in [-0.4, -0.2) is 11.1 Å². The number of rotatable bonds is 0. The summed E-state index contributed by atoms with van der Waals surface area (Å²) in [7, 11) is 0. The van der Waals surface area contributed by atoms with Gasteiger partial charge in [-0.25, -0.2) is 5.84 Å². The van der Waals surface area contributed by atoms with Crippen LogP contribution in [0, 0.1) is 16.9 Å². The first-order chi connectivity index (χ1) is 5.04. The summed E-state index contributed by atoms with van der Waals surface area (Å²) in [5.74, 6) is 4.33. The molecule has 0 aromatic heterocycles. The molecular formula is C3H9N7S. The number of guanidine groups is 1. The van der Waals surface area contributed by atoms with Crippen LogP contribution in [0.25, 0.3) is 0 Å². The topological polar surface area (TPSA) is 150 Å². The highest BCUT2D eigenvalue weighted by molar-refractivity contribution is 7.80. The van der Waals surface area contributed by atoms with Crippen LogP contribution < -0.4 is 28.1 Å². The third-order valence-corrected chi connectivity index (χ3v) is 0.451. The molecule has 62 valence electrons. The largest absolute Gasteiger partial charge is 0.375 e. The van der Waals surface area contributed by atoms with Gasteiger partial charge in [-0.1, -0.05) is 0 Å². The average molecular weight is 175 g/mol. The van der Waals surface area contributed by atoms with Crippen LogP contribution in [0.2, 0.25) is 0 Å². The number of nitriles is 1. The lowest BCUT2D eigenvalue weighted by atomic mass is 11.0. The summed E-state index contributed by atoms with van der Waals surface area (Å²) in [6, 6.07) is 0. The van der Waals surface area contributed by atoms with Gasteiger partial charge in [0, 0.05) is 0 Å². The first-order valence-corrected chi connectivity index (χ1v) is 2.70. The fourth-order valence-electron chi connectivity index (χ4n) is 0.0602. The maximum Gasteiger partial charge on any atom is 0.199 e. The minimum absolute atomic E-state index is 0.116. The van der Waals surface area contributed by atoms with Crippen molar-refractivity contribution in [3.63, 3.8) is 0 Å². The molecule has 11 heavy (non-hydrogen) atoms. The van der Waals surface area contributed by atoms with E-state index in [4.69, 9.17) is 16.4 Å². The van der Waals surface area contributed by atoms with Crippen molar-refractivity contribution in [2.45, 2.75) is 0 Å². The van der Waals surface area contributed by atoms with Crippen LogP contribution in [0.1, 0.15) is 0 Å². The van der Waals surface area contributed by atoms with E-state index >= 15 is 0 Å². The van der Waals surface area contributed by atoms with Crippen molar-refractivity contribution >= 4 is 23.3 Å². The van der Waals surface area contributed by atoms with Gasteiger partial charge in [-0.15, -0.1) is 0 Å². The second-order valence-corrected chi connectivity index (χ2v) is 1.60. The third-order valence-electron chi connectivity index (χ3n) is 0.333. The predicted molar refractivity (Wildman–Crippen MR) is 44.8 cm³/mol. The lowest BCUT2D eigenvalue weighted by Crippen LogP contribution is -2.34. The van der Waals surface area contributed by atoms with Crippen molar-refractivity contribution in [1.29, 1.82) is 10.7 Å². The highest BCUT2D eigenvalue weighted by atomic mass is 32.1. The van der Waals surface area contributed by atoms with Gasteiger partial charge in [0.25, 0.3) is 0 Å². The van der Waals surface area contributed by atoms with Crippen molar-refractivity contribution in [2.75, 3.05) is 0 Å². The smallest absolute Gasteiger partial charge is 0.199 e. The van der Waals surface area contributed by atoms with Crippen LogP contribution in [0.4, 0.5) is 0 Å². The van der Waals surface area contributed by atoms with Crippen LogP contribution in [0.5, 0.6) is 0 Å². The number of hydrogen-bond donors (Lipinski definition) is 6. The van der Waals surface area contributed by atoms with E-state index in [1.807, 2.05) is 10.7 Å². The maximum absolute atomic E-state index is 7.65. The lowest BCUT2D eigenvalue weighted by Gasteiger charge is -1.85. The average Bonchev–Trinajstić information content (AvgIpc) is 1.89. The van der Waals surface area contributed by atoms with Gasteiger partial charge >= 0.3 is 0 Å². The van der Waals surface area contributed by atoms with Crippen LogP contribution in [0.3, 0.4) is 0 Å². The summed E-state index contributed by atoms with van der Waals surface area (Å²) < 4.78 is 0. The zero-order valence-electron chi connectivity index (χ0n) is 5.59. The number of nitrogens with one attached hydrogen (secondary N) is 3. The normalized spacial score (nSPS) is 6.18. The summed E-state index contributed by atoms with van der Waals surface area (Å²) in [6.45, 7) is 0. The van der Waals surface area contributed by atoms with E-state index in [0.717, 1.165) is 0 Å². The molecule has 8 heteroatoms. The molecule has 0 saturated heterocycles. The quantitative estimate of drug-likeness (QED) is 0.0458. The number of hydrazine groups is 1. The summed E-state index contributed by atoms with van der Waals surface area (Å²) in [4.78, 5) is 0. The van der Waals surface area contributed by atoms with E-state index in [1.165, 1.54) is 6.19 Å². The minimum Gasteiger partial charge on any atom is -0.375 e. The minimum atomic E-state index is -0.322. The number of nitrogens with two attached hydrogens (primary N) is 3. The van der Waals surface area contributed by atoms with Gasteiger partial charge in [0.1, 0.15) is 0 Å². The Labute approximate surface area is 69.0 Å². The highest BCUT2D eigenvalue weighted by Gasteiger charge is 1.73. The molecule has 7 nitrogen and oxygen atoms in total. The zero-order valence-corrected chi connectivity index (χ0v) is 6.40. The van der Waals surface area contributed by atoms with E-state index < -0.39 is 0 Å². The van der Waals surface area contributed by atoms with E-state index in [-0.39, 0.29) is 11.1 Å². The summed E-state index contributed by atoms with van der Waals surface area (Å²) in [5, 5.41) is 16.0. The Balaban J connectivity index is 0. The molecule has 0 amide bonds. The van der Waals surface area contributed by atoms with Crippen molar-refractivity contribution in [3.05, 3.63) is 0 Å². The van der Waals surface area contributed by atoms with Crippen molar-refractivity contribution in [3.8, 4) is 6.19 Å². The molecule has 0 bridgehead atoms. The van der Waals surface area contributed by atoms with Gasteiger partial charge < -0.3 is 16.9 Å². The standard InChI is InChI=1S/C2H4N4.CH5N3S/c3-1-6-2(4)5;2-1(5)4-3/h(H4,4,5,6);3H2,(H3,2,4,5). The third kappa shape index (κ3) is 29.7. The molecule has 0 atom stereocenters. The second kappa shape index (κ2) is 8.41. The van der Waals surface area contributed by atoms with Gasteiger partial charge in [-0.05, 0) is 12.2 Å². The molecular weight excluding hydrogens is 166 g/mol. The molecule has 0 aliphatic heterocycles. The molecule has 0 spiro atoms. The summed E-state index contributed by atoms with van der Waals surface area (Å²) >= 11 is 4.24. The Kier molecular flexibility index (Phi) is 9.27. The molecule has 0 radical (unpaired) electrons. The van der Waals surface area contributed by atoms with Crippen molar-refractivity contribution in [1.82, 2.24) is 10.7 Å². The van der Waals surface area contributed by atoms with Crippen molar-refractivity contribution < 1.29 is 0 Å². The van der Waals surface area contributed by atoms with Gasteiger partial charge in [-0.3, -0.25) is 10.7 Å². The van der Waals surface area contributed by atoms with Gasteiger partial charge in [-0.2, -0.15) is 5.26 Å². The molecule has 9 N–H and O–H groups in total. The van der Waals surface area contributed by atoms with Crippen LogP contribution in [0.15, 0.2) is 0 Å². The lowest BCUT2D eigenvalue weighted by molar-refractivity contribution is 1.03. The molecule has 0 fully saturated rings. The Morgan fingerprint density at radius 1 is 1.55 bits per heavy atom. The Morgan fingerprint density at radius 2 is 1.91 bits per heavy atom. The van der Waals surface area contributed by atoms with E-state index in [1.54, 1.807) is 0 Å².